The summed E-state index contributed by atoms with van der Waals surface area (Å²) >= 11 is 0.995. The average Bonchev–Trinajstić information content (AvgIpc) is 3.34. The largest absolute Gasteiger partial charge is 0.477 e. The molecule has 0 atom stereocenters. The SMILES string of the molecule is O=C(O)c1cnc(N(C(=O)OCC2c3ccccc3-c3ccccc32)C2CC2)s1. The van der Waals surface area contributed by atoms with Crippen LogP contribution in [0.15, 0.2) is 54.7 Å². The third-order valence-corrected chi connectivity index (χ3v) is 6.34. The van der Waals surface area contributed by atoms with Crippen molar-refractivity contribution in [3.63, 3.8) is 0 Å². The molecule has 1 amide bonds. The number of amides is 1. The van der Waals surface area contributed by atoms with Crippen molar-refractivity contribution < 1.29 is 19.4 Å². The first-order valence-electron chi connectivity index (χ1n) is 9.47. The fourth-order valence-electron chi connectivity index (χ4n) is 3.85. The lowest BCUT2D eigenvalue weighted by molar-refractivity contribution is 0.0702. The molecule has 1 N–H and O–H groups in total. The number of aromatic carboxylic acids is 1. The fraction of sp³-hybridized carbons (Fsp3) is 0.227. The second kappa shape index (κ2) is 7.00. The van der Waals surface area contributed by atoms with Crippen molar-refractivity contribution in [3.05, 3.63) is 70.7 Å². The Morgan fingerprint density at radius 2 is 1.69 bits per heavy atom. The van der Waals surface area contributed by atoms with Gasteiger partial charge < -0.3 is 9.84 Å². The van der Waals surface area contributed by atoms with Crippen molar-refractivity contribution in [2.75, 3.05) is 11.5 Å². The van der Waals surface area contributed by atoms with Crippen LogP contribution in [0.4, 0.5) is 9.93 Å². The minimum Gasteiger partial charge on any atom is -0.477 e. The van der Waals surface area contributed by atoms with Gasteiger partial charge in [-0.25, -0.2) is 19.5 Å². The molecule has 7 heteroatoms. The Labute approximate surface area is 171 Å². The standard InChI is InChI=1S/C22H18N2O4S/c25-20(26)19-11-23-21(29-19)24(13-9-10-13)22(27)28-12-18-16-7-3-1-5-14(16)15-6-2-4-8-17(15)18/h1-8,11,13,18H,9-10,12H2,(H,25,26). The highest BCUT2D eigenvalue weighted by molar-refractivity contribution is 7.17. The topological polar surface area (TPSA) is 79.7 Å². The fourth-order valence-corrected chi connectivity index (χ4v) is 4.67. The number of hydrogen-bond donors (Lipinski definition) is 1. The summed E-state index contributed by atoms with van der Waals surface area (Å²) in [6, 6.07) is 16.4. The van der Waals surface area contributed by atoms with E-state index in [4.69, 9.17) is 9.84 Å². The molecule has 1 fully saturated rings. The first kappa shape index (κ1) is 17.9. The highest BCUT2D eigenvalue weighted by atomic mass is 32.1. The van der Waals surface area contributed by atoms with Gasteiger partial charge >= 0.3 is 12.1 Å². The van der Waals surface area contributed by atoms with E-state index in [1.54, 1.807) is 0 Å². The molecule has 2 aliphatic rings. The second-order valence-corrected chi connectivity index (χ2v) is 8.23. The summed E-state index contributed by atoms with van der Waals surface area (Å²) in [7, 11) is 0. The summed E-state index contributed by atoms with van der Waals surface area (Å²) in [4.78, 5) is 29.8. The quantitative estimate of drug-likeness (QED) is 0.661. The van der Waals surface area contributed by atoms with E-state index in [1.807, 2.05) is 24.3 Å². The van der Waals surface area contributed by atoms with Gasteiger partial charge in [-0.3, -0.25) is 0 Å². The normalized spacial score (nSPS) is 14.9. The average molecular weight is 406 g/mol. The van der Waals surface area contributed by atoms with Crippen LogP contribution in [0.3, 0.4) is 0 Å². The molecule has 146 valence electrons. The molecule has 1 heterocycles. The molecule has 0 spiro atoms. The molecule has 0 aliphatic heterocycles. The number of thiazole rings is 1. The molecule has 6 nitrogen and oxygen atoms in total. The van der Waals surface area contributed by atoms with Crippen molar-refractivity contribution >= 4 is 28.5 Å². The summed E-state index contributed by atoms with van der Waals surface area (Å²) in [5.41, 5.74) is 4.66. The zero-order valence-electron chi connectivity index (χ0n) is 15.4. The van der Waals surface area contributed by atoms with E-state index in [0.29, 0.717) is 5.13 Å². The van der Waals surface area contributed by atoms with Gasteiger partial charge in [0.05, 0.1) is 6.20 Å². The van der Waals surface area contributed by atoms with Gasteiger partial charge in [0.2, 0.25) is 0 Å². The number of anilines is 1. The van der Waals surface area contributed by atoms with Crippen LogP contribution < -0.4 is 4.90 Å². The maximum absolute atomic E-state index is 12.9. The molecule has 1 saturated carbocycles. The zero-order chi connectivity index (χ0) is 20.0. The van der Waals surface area contributed by atoms with Gasteiger partial charge in [0.15, 0.2) is 5.13 Å². The predicted octanol–water partition coefficient (Wildman–Crippen LogP) is 4.76. The third-order valence-electron chi connectivity index (χ3n) is 5.36. The van der Waals surface area contributed by atoms with Crippen LogP contribution in [-0.2, 0) is 4.74 Å². The van der Waals surface area contributed by atoms with Crippen LogP contribution in [0, 0.1) is 0 Å². The smallest absolute Gasteiger partial charge is 0.416 e. The van der Waals surface area contributed by atoms with Gasteiger partial charge in [-0.1, -0.05) is 59.9 Å². The van der Waals surface area contributed by atoms with E-state index in [2.05, 4.69) is 29.2 Å². The molecule has 3 aromatic rings. The summed E-state index contributed by atoms with van der Waals surface area (Å²) in [6.45, 7) is 0.229. The molecule has 0 radical (unpaired) electrons. The number of hydrogen-bond acceptors (Lipinski definition) is 5. The Hall–Kier alpha value is -3.19. The van der Waals surface area contributed by atoms with Crippen molar-refractivity contribution in [2.24, 2.45) is 0 Å². The number of carbonyl (C=O) groups is 2. The molecule has 5 rings (SSSR count). The number of carboxylic acids is 1. The van der Waals surface area contributed by atoms with Crippen LogP contribution >= 0.6 is 11.3 Å². The van der Waals surface area contributed by atoms with E-state index >= 15 is 0 Å². The molecule has 2 aliphatic carbocycles. The number of fused-ring (bicyclic) bond motifs is 3. The van der Waals surface area contributed by atoms with Crippen LogP contribution in [0.2, 0.25) is 0 Å². The Bertz CT molecular complexity index is 1060. The van der Waals surface area contributed by atoms with Gasteiger partial charge in [-0.15, -0.1) is 0 Å². The van der Waals surface area contributed by atoms with Crippen molar-refractivity contribution in [2.45, 2.75) is 24.8 Å². The minimum atomic E-state index is -1.04. The van der Waals surface area contributed by atoms with E-state index < -0.39 is 12.1 Å². The monoisotopic (exact) mass is 406 g/mol. The number of ether oxygens (including phenoxy) is 1. The van der Waals surface area contributed by atoms with E-state index in [0.717, 1.165) is 35.3 Å². The molecule has 2 aromatic carbocycles. The Morgan fingerprint density at radius 1 is 1.07 bits per heavy atom. The first-order valence-corrected chi connectivity index (χ1v) is 10.3. The number of nitrogens with zero attached hydrogens (tertiary/aromatic N) is 2. The summed E-state index contributed by atoms with van der Waals surface area (Å²) in [5, 5.41) is 9.52. The maximum atomic E-state index is 12.9. The lowest BCUT2D eigenvalue weighted by Gasteiger charge is -2.21. The Kier molecular flexibility index (Phi) is 4.32. The number of aromatic nitrogens is 1. The van der Waals surface area contributed by atoms with Crippen molar-refractivity contribution in [3.8, 4) is 11.1 Å². The lowest BCUT2D eigenvalue weighted by atomic mass is 9.98. The van der Waals surface area contributed by atoms with E-state index in [1.165, 1.54) is 22.2 Å². The molecular formula is C22H18N2O4S. The molecule has 1 aromatic heterocycles. The molecule has 0 unspecified atom stereocenters. The van der Waals surface area contributed by atoms with E-state index in [9.17, 15) is 9.59 Å². The predicted molar refractivity (Wildman–Crippen MR) is 110 cm³/mol. The number of rotatable bonds is 5. The van der Waals surface area contributed by atoms with Crippen molar-refractivity contribution in [1.29, 1.82) is 0 Å². The van der Waals surface area contributed by atoms with Crippen molar-refractivity contribution in [1.82, 2.24) is 4.98 Å². The van der Waals surface area contributed by atoms with Crippen LogP contribution in [0.5, 0.6) is 0 Å². The third kappa shape index (κ3) is 3.17. The number of benzene rings is 2. The minimum absolute atomic E-state index is 0.0155. The van der Waals surface area contributed by atoms with Gasteiger partial charge in [0.1, 0.15) is 11.5 Å². The van der Waals surface area contributed by atoms with Crippen LogP contribution in [0.25, 0.3) is 11.1 Å². The van der Waals surface area contributed by atoms with Gasteiger partial charge in [0.25, 0.3) is 0 Å². The van der Waals surface area contributed by atoms with Gasteiger partial charge in [-0.2, -0.15) is 0 Å². The summed E-state index contributed by atoms with van der Waals surface area (Å²) in [5.74, 6) is -1.06. The van der Waals surface area contributed by atoms with Gasteiger partial charge in [0, 0.05) is 12.0 Å². The van der Waals surface area contributed by atoms with Gasteiger partial charge in [-0.05, 0) is 35.1 Å². The number of carbonyl (C=O) groups excluding carboxylic acids is 1. The highest BCUT2D eigenvalue weighted by Gasteiger charge is 2.38. The molecular weight excluding hydrogens is 388 g/mol. The molecule has 0 saturated heterocycles. The highest BCUT2D eigenvalue weighted by Crippen LogP contribution is 2.44. The summed E-state index contributed by atoms with van der Waals surface area (Å²) < 4.78 is 5.73. The van der Waals surface area contributed by atoms with Crippen LogP contribution in [0.1, 0.15) is 39.6 Å². The Morgan fingerprint density at radius 3 is 2.24 bits per heavy atom. The second-order valence-electron chi connectivity index (χ2n) is 7.22. The molecule has 29 heavy (non-hydrogen) atoms. The first-order chi connectivity index (χ1) is 14.1. The number of carboxylic acid groups (broad SMARTS) is 1. The van der Waals surface area contributed by atoms with E-state index in [-0.39, 0.29) is 23.4 Å². The summed E-state index contributed by atoms with van der Waals surface area (Å²) in [6.07, 6.45) is 2.55. The maximum Gasteiger partial charge on any atom is 0.416 e. The molecule has 0 bridgehead atoms. The lowest BCUT2D eigenvalue weighted by Crippen LogP contribution is -2.34. The zero-order valence-corrected chi connectivity index (χ0v) is 16.3. The Balaban J connectivity index is 1.37. The van der Waals surface area contributed by atoms with Crippen LogP contribution in [-0.4, -0.2) is 34.8 Å².